The Morgan fingerprint density at radius 1 is 1.40 bits per heavy atom. The van der Waals surface area contributed by atoms with Gasteiger partial charge in [0.25, 0.3) is 0 Å². The Labute approximate surface area is 95.3 Å². The molecule has 0 spiro atoms. The zero-order valence-corrected chi connectivity index (χ0v) is 9.65. The highest BCUT2D eigenvalue weighted by Gasteiger charge is 2.08. The lowest BCUT2D eigenvalue weighted by Gasteiger charge is -1.96. The van der Waals surface area contributed by atoms with E-state index in [4.69, 9.17) is 0 Å². The monoisotopic (exact) mass is 231 g/mol. The Bertz CT molecular complexity index is 596. The van der Waals surface area contributed by atoms with Gasteiger partial charge in [-0.25, -0.2) is 9.97 Å². The van der Waals surface area contributed by atoms with Crippen molar-refractivity contribution in [3.05, 3.63) is 34.1 Å². The van der Waals surface area contributed by atoms with Gasteiger partial charge in [-0.1, -0.05) is 6.07 Å². The lowest BCUT2D eigenvalue weighted by molar-refractivity contribution is 1.33. The second-order valence-corrected chi connectivity index (χ2v) is 5.13. The molecule has 2 heterocycles. The number of aryl methyl sites for hydroxylation is 1. The normalized spacial score (nSPS) is 11.0. The van der Waals surface area contributed by atoms with Crippen LogP contribution in [0.5, 0.6) is 0 Å². The molecule has 0 saturated carbocycles. The van der Waals surface area contributed by atoms with Gasteiger partial charge in [0.2, 0.25) is 0 Å². The molecule has 0 N–H and O–H groups in total. The van der Waals surface area contributed by atoms with Gasteiger partial charge in [-0.3, -0.25) is 0 Å². The van der Waals surface area contributed by atoms with Gasteiger partial charge in [-0.2, -0.15) is 0 Å². The summed E-state index contributed by atoms with van der Waals surface area (Å²) in [6, 6.07) is 7.21. The maximum absolute atomic E-state index is 4.52. The van der Waals surface area contributed by atoms with Crippen molar-refractivity contribution < 1.29 is 0 Å². The largest absolute Gasteiger partial charge is 0.245 e. The molecule has 4 heteroatoms. The molecule has 0 saturated heterocycles. The van der Waals surface area contributed by atoms with Crippen LogP contribution in [-0.4, -0.2) is 9.97 Å². The summed E-state index contributed by atoms with van der Waals surface area (Å²) >= 11 is 3.30. The van der Waals surface area contributed by atoms with Gasteiger partial charge < -0.3 is 0 Å². The van der Waals surface area contributed by atoms with Crippen LogP contribution in [0, 0.1) is 13.0 Å². The summed E-state index contributed by atoms with van der Waals surface area (Å²) in [6.07, 6.45) is 0. The van der Waals surface area contributed by atoms with E-state index in [2.05, 4.69) is 22.1 Å². The third-order valence-corrected chi connectivity index (χ3v) is 3.67. The van der Waals surface area contributed by atoms with Crippen LogP contribution in [0.15, 0.2) is 23.0 Å². The molecule has 15 heavy (non-hydrogen) atoms. The summed E-state index contributed by atoms with van der Waals surface area (Å²) in [5.41, 5.74) is 4.83. The van der Waals surface area contributed by atoms with E-state index in [0.29, 0.717) is 0 Å². The average Bonchev–Trinajstić information content (AvgIpc) is 2.82. The number of rotatable bonds is 1. The Kier molecular flexibility index (Phi) is 2.04. The Hall–Kier alpha value is -1.26. The molecule has 3 aromatic rings. The number of fused-ring (bicyclic) bond motifs is 1. The van der Waals surface area contributed by atoms with Gasteiger partial charge in [0.1, 0.15) is 0 Å². The van der Waals surface area contributed by atoms with Crippen molar-refractivity contribution in [1.82, 2.24) is 9.97 Å². The molecule has 1 radical (unpaired) electrons. The van der Waals surface area contributed by atoms with Crippen molar-refractivity contribution in [3.8, 4) is 11.3 Å². The molecule has 0 aliphatic heterocycles. The molecule has 73 valence electrons. The molecule has 0 atom stereocenters. The van der Waals surface area contributed by atoms with Crippen molar-refractivity contribution in [2.75, 3.05) is 0 Å². The molecule has 2 aromatic heterocycles. The predicted molar refractivity (Wildman–Crippen MR) is 64.3 cm³/mol. The van der Waals surface area contributed by atoms with Gasteiger partial charge in [0, 0.05) is 10.9 Å². The zero-order chi connectivity index (χ0) is 10.3. The quantitative estimate of drug-likeness (QED) is 0.640. The minimum Gasteiger partial charge on any atom is -0.245 e. The number of hydrogen-bond donors (Lipinski definition) is 0. The molecular formula is C11H7N2S2. The van der Waals surface area contributed by atoms with Gasteiger partial charge in [-0.15, -0.1) is 22.7 Å². The number of benzene rings is 1. The highest BCUT2D eigenvalue weighted by molar-refractivity contribution is 7.18. The average molecular weight is 231 g/mol. The zero-order valence-electron chi connectivity index (χ0n) is 8.02. The fraction of sp³-hybridized carbons (Fsp3) is 0.0909. The summed E-state index contributed by atoms with van der Waals surface area (Å²) in [7, 11) is 0. The summed E-state index contributed by atoms with van der Waals surface area (Å²) in [5.74, 6) is 0. The van der Waals surface area contributed by atoms with E-state index in [9.17, 15) is 0 Å². The van der Waals surface area contributed by atoms with E-state index < -0.39 is 0 Å². The number of aromatic nitrogens is 2. The van der Waals surface area contributed by atoms with E-state index in [-0.39, 0.29) is 0 Å². The molecule has 0 aliphatic rings. The van der Waals surface area contributed by atoms with E-state index in [1.807, 2.05) is 23.9 Å². The van der Waals surface area contributed by atoms with E-state index >= 15 is 0 Å². The molecule has 3 rings (SSSR count). The highest BCUT2D eigenvalue weighted by Crippen LogP contribution is 2.30. The molecule has 0 fully saturated rings. The second kappa shape index (κ2) is 3.40. The number of nitrogens with zero attached hydrogens (tertiary/aromatic N) is 2. The summed E-state index contributed by atoms with van der Waals surface area (Å²) in [4.78, 5) is 8.82. The molecular weight excluding hydrogens is 224 g/mol. The minimum atomic E-state index is 0.968. The Morgan fingerprint density at radius 3 is 3.13 bits per heavy atom. The third-order valence-electron chi connectivity index (χ3n) is 2.15. The summed E-state index contributed by atoms with van der Waals surface area (Å²) in [6.45, 7) is 2.02. The van der Waals surface area contributed by atoms with E-state index in [0.717, 1.165) is 21.8 Å². The molecule has 1 aromatic carbocycles. The maximum atomic E-state index is 4.52. The number of thiazole rings is 2. The Balaban J connectivity index is 2.35. The fourth-order valence-electron chi connectivity index (χ4n) is 1.54. The molecule has 0 bridgehead atoms. The van der Waals surface area contributed by atoms with Crippen LogP contribution >= 0.6 is 22.7 Å². The number of hydrogen-bond acceptors (Lipinski definition) is 4. The van der Waals surface area contributed by atoms with Crippen LogP contribution in [0.25, 0.3) is 21.5 Å². The topological polar surface area (TPSA) is 25.8 Å². The van der Waals surface area contributed by atoms with E-state index in [1.54, 1.807) is 22.7 Å². The van der Waals surface area contributed by atoms with Crippen molar-refractivity contribution in [3.63, 3.8) is 0 Å². The predicted octanol–water partition coefficient (Wildman–Crippen LogP) is 3.53. The fourth-order valence-corrected chi connectivity index (χ4v) is 2.91. The first-order chi connectivity index (χ1) is 7.34. The van der Waals surface area contributed by atoms with E-state index in [1.165, 1.54) is 4.70 Å². The van der Waals surface area contributed by atoms with Crippen LogP contribution in [0.4, 0.5) is 0 Å². The van der Waals surface area contributed by atoms with Crippen molar-refractivity contribution in [2.24, 2.45) is 0 Å². The van der Waals surface area contributed by atoms with Gasteiger partial charge in [-0.05, 0) is 19.1 Å². The van der Waals surface area contributed by atoms with Crippen molar-refractivity contribution >= 4 is 32.9 Å². The highest BCUT2D eigenvalue weighted by atomic mass is 32.1. The smallest absolute Gasteiger partial charge is 0.0915 e. The molecule has 0 amide bonds. The van der Waals surface area contributed by atoms with Crippen LogP contribution in [0.2, 0.25) is 0 Å². The molecule has 0 aliphatic carbocycles. The SMILES string of the molecule is Cc1nc2c(-c3cscn3)[c]ccc2s1. The van der Waals surface area contributed by atoms with Gasteiger partial charge >= 0.3 is 0 Å². The van der Waals surface area contributed by atoms with Crippen molar-refractivity contribution in [1.29, 1.82) is 0 Å². The first-order valence-electron chi connectivity index (χ1n) is 4.51. The van der Waals surface area contributed by atoms with Gasteiger partial charge in [0.15, 0.2) is 0 Å². The van der Waals surface area contributed by atoms with Crippen LogP contribution in [-0.2, 0) is 0 Å². The molecule has 0 unspecified atom stereocenters. The van der Waals surface area contributed by atoms with Gasteiger partial charge in [0.05, 0.1) is 26.4 Å². The van der Waals surface area contributed by atoms with Crippen molar-refractivity contribution in [2.45, 2.75) is 6.92 Å². The van der Waals surface area contributed by atoms with Crippen LogP contribution in [0.1, 0.15) is 5.01 Å². The minimum absolute atomic E-state index is 0.968. The summed E-state index contributed by atoms with van der Waals surface area (Å²) < 4.78 is 1.20. The maximum Gasteiger partial charge on any atom is 0.0915 e. The third kappa shape index (κ3) is 1.46. The van der Waals surface area contributed by atoms with Crippen LogP contribution in [0.3, 0.4) is 0 Å². The second-order valence-electron chi connectivity index (χ2n) is 3.17. The first-order valence-corrected chi connectivity index (χ1v) is 6.27. The standard InChI is InChI=1S/C11H7N2S2/c1-7-13-11-8(9-5-14-6-12-9)3-2-4-10(11)15-7/h2,4-6H,1H3. The lowest BCUT2D eigenvalue weighted by atomic mass is 10.1. The first kappa shape index (κ1) is 9.00. The lowest BCUT2D eigenvalue weighted by Crippen LogP contribution is -1.80. The Morgan fingerprint density at radius 2 is 2.33 bits per heavy atom. The van der Waals surface area contributed by atoms with Crippen LogP contribution < -0.4 is 0 Å². The molecule has 2 nitrogen and oxygen atoms in total. The summed E-state index contributed by atoms with van der Waals surface area (Å²) in [5, 5.41) is 3.11.